The van der Waals surface area contributed by atoms with E-state index in [1.54, 1.807) is 24.3 Å². The van der Waals surface area contributed by atoms with Crippen molar-refractivity contribution < 1.29 is 9.59 Å². The van der Waals surface area contributed by atoms with E-state index in [1.165, 1.54) is 0 Å². The van der Waals surface area contributed by atoms with Crippen molar-refractivity contribution in [2.24, 2.45) is 17.6 Å². The van der Waals surface area contributed by atoms with Gasteiger partial charge in [-0.05, 0) is 64.3 Å². The first-order chi connectivity index (χ1) is 10.8. The lowest BCUT2D eigenvalue weighted by Crippen LogP contribution is -2.40. The third kappa shape index (κ3) is 5.49. The topological polar surface area (TPSA) is 84.2 Å². The van der Waals surface area contributed by atoms with Gasteiger partial charge < -0.3 is 16.4 Å². The Kier molecular flexibility index (Phi) is 7.24. The smallest absolute Gasteiger partial charge is 0.251 e. The number of anilines is 1. The molecule has 0 unspecified atom stereocenters. The molecule has 0 saturated heterocycles. The van der Waals surface area contributed by atoms with Crippen molar-refractivity contribution in [3.63, 3.8) is 0 Å². The molecule has 0 radical (unpaired) electrons. The molecule has 134 valence electrons. The van der Waals surface area contributed by atoms with Gasteiger partial charge in [-0.15, -0.1) is 12.4 Å². The van der Waals surface area contributed by atoms with Gasteiger partial charge in [-0.25, -0.2) is 0 Å². The van der Waals surface area contributed by atoms with Crippen LogP contribution in [-0.2, 0) is 4.79 Å². The summed E-state index contributed by atoms with van der Waals surface area (Å²) in [6, 6.07) is 7.04. The molecule has 1 saturated carbocycles. The monoisotopic (exact) mass is 353 g/mol. The van der Waals surface area contributed by atoms with Crippen LogP contribution in [0.1, 0.15) is 50.4 Å². The minimum atomic E-state index is -0.297. The highest BCUT2D eigenvalue weighted by Crippen LogP contribution is 2.31. The van der Waals surface area contributed by atoms with E-state index in [4.69, 9.17) is 5.73 Å². The molecule has 5 nitrogen and oxygen atoms in total. The highest BCUT2D eigenvalue weighted by atomic mass is 35.5. The maximum Gasteiger partial charge on any atom is 0.251 e. The molecule has 1 aromatic rings. The lowest BCUT2D eigenvalue weighted by molar-refractivity contribution is -0.120. The van der Waals surface area contributed by atoms with E-state index in [0.717, 1.165) is 19.3 Å². The van der Waals surface area contributed by atoms with E-state index in [1.807, 2.05) is 20.8 Å². The Balaban J connectivity index is 0.00000288. The number of nitrogens with one attached hydrogen (secondary N) is 2. The number of hydrogen-bond donors (Lipinski definition) is 3. The summed E-state index contributed by atoms with van der Waals surface area (Å²) >= 11 is 0. The van der Waals surface area contributed by atoms with Gasteiger partial charge in [0, 0.05) is 22.7 Å². The number of halogens is 1. The van der Waals surface area contributed by atoms with Gasteiger partial charge in [0.15, 0.2) is 0 Å². The summed E-state index contributed by atoms with van der Waals surface area (Å²) in [5, 5.41) is 5.85. The average molecular weight is 354 g/mol. The summed E-state index contributed by atoms with van der Waals surface area (Å²) in [7, 11) is 0. The first-order valence-corrected chi connectivity index (χ1v) is 8.23. The van der Waals surface area contributed by atoms with Crippen LogP contribution in [0.2, 0.25) is 0 Å². The largest absolute Gasteiger partial charge is 0.347 e. The fourth-order valence-corrected chi connectivity index (χ4v) is 3.05. The Labute approximate surface area is 150 Å². The van der Waals surface area contributed by atoms with Crippen LogP contribution in [0.3, 0.4) is 0 Å². The van der Waals surface area contributed by atoms with Gasteiger partial charge in [-0.1, -0.05) is 12.5 Å². The van der Waals surface area contributed by atoms with Crippen molar-refractivity contribution in [3.05, 3.63) is 29.8 Å². The molecule has 24 heavy (non-hydrogen) atoms. The average Bonchev–Trinajstić information content (AvgIpc) is 2.94. The summed E-state index contributed by atoms with van der Waals surface area (Å²) in [4.78, 5) is 24.6. The van der Waals surface area contributed by atoms with Crippen molar-refractivity contribution in [3.8, 4) is 0 Å². The molecule has 0 aliphatic heterocycles. The highest BCUT2D eigenvalue weighted by Gasteiger charge is 2.31. The summed E-state index contributed by atoms with van der Waals surface area (Å²) in [6.45, 7) is 6.35. The third-order valence-corrected chi connectivity index (χ3v) is 4.18. The van der Waals surface area contributed by atoms with Gasteiger partial charge in [-0.3, -0.25) is 9.59 Å². The Morgan fingerprint density at radius 1 is 1.25 bits per heavy atom. The molecular formula is C18H28ClN3O2. The first kappa shape index (κ1) is 20.5. The number of hydrogen-bond acceptors (Lipinski definition) is 3. The second-order valence-corrected chi connectivity index (χ2v) is 7.31. The zero-order valence-electron chi connectivity index (χ0n) is 14.6. The number of benzene rings is 1. The molecule has 1 aromatic carbocycles. The van der Waals surface area contributed by atoms with Crippen LogP contribution >= 0.6 is 12.4 Å². The Hall–Kier alpha value is -1.59. The molecular weight excluding hydrogens is 326 g/mol. The van der Waals surface area contributed by atoms with Crippen molar-refractivity contribution in [2.45, 2.75) is 45.6 Å². The molecule has 2 rings (SSSR count). The van der Waals surface area contributed by atoms with Gasteiger partial charge >= 0.3 is 0 Å². The van der Waals surface area contributed by atoms with Crippen LogP contribution < -0.4 is 16.4 Å². The summed E-state index contributed by atoms with van der Waals surface area (Å²) in [5.74, 6) is 0.107. The predicted octanol–water partition coefficient (Wildman–Crippen LogP) is 2.95. The minimum Gasteiger partial charge on any atom is -0.347 e. The molecule has 2 amide bonds. The maximum atomic E-state index is 12.4. The molecule has 1 aliphatic carbocycles. The molecule has 0 heterocycles. The van der Waals surface area contributed by atoms with Crippen molar-refractivity contribution in [1.82, 2.24) is 5.32 Å². The Morgan fingerprint density at radius 2 is 1.96 bits per heavy atom. The zero-order valence-corrected chi connectivity index (χ0v) is 15.4. The highest BCUT2D eigenvalue weighted by molar-refractivity contribution is 5.98. The standard InChI is InChI=1S/C18H27N3O2.ClH/c1-18(2,3)21-16(22)12-6-4-8-14(10-12)20-17(23)15-9-5-7-13(15)11-19;/h4,6,8,10,13,15H,5,7,9,11,19H2,1-3H3,(H,20,23)(H,21,22);1H/t13-,15-;/m1./s1. The van der Waals surface area contributed by atoms with Crippen LogP contribution in [0.4, 0.5) is 5.69 Å². The molecule has 0 bridgehead atoms. The van der Waals surface area contributed by atoms with Gasteiger partial charge in [0.05, 0.1) is 0 Å². The Morgan fingerprint density at radius 3 is 2.58 bits per heavy atom. The summed E-state index contributed by atoms with van der Waals surface area (Å²) < 4.78 is 0. The number of rotatable bonds is 4. The van der Waals surface area contributed by atoms with E-state index >= 15 is 0 Å². The van der Waals surface area contributed by atoms with Crippen LogP contribution in [0, 0.1) is 11.8 Å². The second kappa shape index (κ2) is 8.49. The zero-order chi connectivity index (χ0) is 17.0. The molecule has 2 atom stereocenters. The van der Waals surface area contributed by atoms with Crippen LogP contribution in [-0.4, -0.2) is 23.9 Å². The maximum absolute atomic E-state index is 12.4. The van der Waals surface area contributed by atoms with Crippen molar-refractivity contribution in [2.75, 3.05) is 11.9 Å². The van der Waals surface area contributed by atoms with Gasteiger partial charge in [0.2, 0.25) is 5.91 Å². The molecule has 6 heteroatoms. The normalized spacial score (nSPS) is 20.2. The van der Waals surface area contributed by atoms with Crippen LogP contribution in [0.15, 0.2) is 24.3 Å². The van der Waals surface area contributed by atoms with Crippen molar-refractivity contribution >= 4 is 29.9 Å². The summed E-state index contributed by atoms with van der Waals surface area (Å²) in [6.07, 6.45) is 2.95. The molecule has 1 aliphatic rings. The van der Waals surface area contributed by atoms with E-state index in [-0.39, 0.29) is 41.6 Å². The number of carbonyl (C=O) groups is 2. The quantitative estimate of drug-likeness (QED) is 0.778. The van der Waals surface area contributed by atoms with E-state index in [0.29, 0.717) is 17.8 Å². The molecule has 0 aromatic heterocycles. The second-order valence-electron chi connectivity index (χ2n) is 7.31. The van der Waals surface area contributed by atoms with Gasteiger partial charge in [0.25, 0.3) is 5.91 Å². The third-order valence-electron chi connectivity index (χ3n) is 4.18. The molecule has 1 fully saturated rings. The van der Waals surface area contributed by atoms with Crippen LogP contribution in [0.5, 0.6) is 0 Å². The van der Waals surface area contributed by atoms with E-state index in [2.05, 4.69) is 10.6 Å². The van der Waals surface area contributed by atoms with Gasteiger partial charge in [0.1, 0.15) is 0 Å². The SMILES string of the molecule is CC(C)(C)NC(=O)c1cccc(NC(=O)[C@@H]2CCC[C@@H]2CN)c1.Cl. The minimum absolute atomic E-state index is 0. The number of carbonyl (C=O) groups excluding carboxylic acids is 2. The van der Waals surface area contributed by atoms with Crippen molar-refractivity contribution in [1.29, 1.82) is 0 Å². The molecule has 0 spiro atoms. The van der Waals surface area contributed by atoms with E-state index < -0.39 is 0 Å². The Bertz CT molecular complexity index is 584. The fourth-order valence-electron chi connectivity index (χ4n) is 3.05. The number of amides is 2. The lowest BCUT2D eigenvalue weighted by Gasteiger charge is -2.21. The fraction of sp³-hybridized carbons (Fsp3) is 0.556. The molecule has 4 N–H and O–H groups in total. The summed E-state index contributed by atoms with van der Waals surface area (Å²) in [5.41, 5.74) is 6.64. The first-order valence-electron chi connectivity index (χ1n) is 8.23. The number of nitrogens with two attached hydrogens (primary N) is 1. The van der Waals surface area contributed by atoms with Gasteiger partial charge in [-0.2, -0.15) is 0 Å². The van der Waals surface area contributed by atoms with Crippen LogP contribution in [0.25, 0.3) is 0 Å². The lowest BCUT2D eigenvalue weighted by atomic mass is 9.95. The van der Waals surface area contributed by atoms with E-state index in [9.17, 15) is 9.59 Å². The predicted molar refractivity (Wildman–Crippen MR) is 99.4 cm³/mol.